The van der Waals surface area contributed by atoms with E-state index in [0.29, 0.717) is 0 Å². The van der Waals surface area contributed by atoms with Crippen molar-refractivity contribution in [3.05, 3.63) is 74.6 Å². The lowest BCUT2D eigenvalue weighted by atomic mass is 10.1. The third-order valence-corrected chi connectivity index (χ3v) is 3.48. The molecule has 0 radical (unpaired) electrons. The zero-order valence-electron chi connectivity index (χ0n) is 12.2. The minimum atomic E-state index is -0.768. The molecule has 2 aromatic carbocycles. The molecule has 0 aliphatic carbocycles. The Hall–Kier alpha value is -2.76. The Morgan fingerprint density at radius 1 is 1.27 bits per heavy atom. The lowest BCUT2D eigenvalue weighted by Crippen LogP contribution is -2.23. The molecule has 2 aromatic rings. The van der Waals surface area contributed by atoms with Crippen molar-refractivity contribution < 1.29 is 14.1 Å². The van der Waals surface area contributed by atoms with Gasteiger partial charge in [0.25, 0.3) is 11.6 Å². The molecule has 6 heteroatoms. The Labute approximate surface area is 126 Å². The number of nitro benzene ring substituents is 1. The van der Waals surface area contributed by atoms with Gasteiger partial charge in [-0.15, -0.1) is 0 Å². The number of hydrogen-bond acceptors (Lipinski definition) is 3. The number of benzene rings is 2. The molecular formula is C16H15FN2O3. The van der Waals surface area contributed by atoms with E-state index in [4.69, 9.17) is 0 Å². The van der Waals surface area contributed by atoms with Crippen LogP contribution >= 0.6 is 0 Å². The Balaban J connectivity index is 2.20. The molecule has 114 valence electrons. The number of amides is 1. The number of nitrogens with zero attached hydrogens (tertiary/aromatic N) is 1. The third kappa shape index (κ3) is 3.28. The third-order valence-electron chi connectivity index (χ3n) is 3.48. The molecule has 2 rings (SSSR count). The number of rotatable bonds is 4. The van der Waals surface area contributed by atoms with Crippen LogP contribution in [0, 0.1) is 29.8 Å². The van der Waals surface area contributed by atoms with Crippen LogP contribution in [0.4, 0.5) is 10.1 Å². The van der Waals surface area contributed by atoms with E-state index >= 15 is 0 Å². The highest BCUT2D eigenvalue weighted by atomic mass is 19.1. The zero-order valence-corrected chi connectivity index (χ0v) is 12.2. The predicted octanol–water partition coefficient (Wildman–Crippen LogP) is 3.28. The molecule has 0 heterocycles. The van der Waals surface area contributed by atoms with Crippen LogP contribution in [0.15, 0.2) is 36.4 Å². The second kappa shape index (κ2) is 6.34. The summed E-state index contributed by atoms with van der Waals surface area (Å²) in [5.41, 5.74) is 1.40. The average molecular weight is 302 g/mol. The molecular weight excluding hydrogens is 287 g/mol. The molecule has 1 N–H and O–H groups in total. The van der Waals surface area contributed by atoms with Gasteiger partial charge in [-0.25, -0.2) is 4.39 Å². The number of carbonyl (C=O) groups excluding carboxylic acids is 1. The van der Waals surface area contributed by atoms with E-state index in [0.717, 1.165) is 23.3 Å². The van der Waals surface area contributed by atoms with Crippen molar-refractivity contribution in [3.63, 3.8) is 0 Å². The van der Waals surface area contributed by atoms with Crippen molar-refractivity contribution in [2.45, 2.75) is 20.4 Å². The second-order valence-corrected chi connectivity index (χ2v) is 4.97. The molecule has 0 bridgehead atoms. The Morgan fingerprint density at radius 2 is 1.95 bits per heavy atom. The van der Waals surface area contributed by atoms with Crippen LogP contribution in [0.25, 0.3) is 0 Å². The van der Waals surface area contributed by atoms with Crippen LogP contribution in [0.2, 0.25) is 0 Å². The Kier molecular flexibility index (Phi) is 4.50. The Morgan fingerprint density at radius 3 is 2.59 bits per heavy atom. The SMILES string of the molecule is Cc1ccccc1CNC(=O)c1cc(F)c(C)c([N+](=O)[O-])c1. The molecule has 0 fully saturated rings. The lowest BCUT2D eigenvalue weighted by molar-refractivity contribution is -0.385. The van der Waals surface area contributed by atoms with Gasteiger partial charge in [0.15, 0.2) is 0 Å². The molecule has 5 nitrogen and oxygen atoms in total. The number of halogens is 1. The maximum atomic E-state index is 13.7. The van der Waals surface area contributed by atoms with Crippen LogP contribution in [-0.2, 0) is 6.54 Å². The molecule has 22 heavy (non-hydrogen) atoms. The summed E-state index contributed by atoms with van der Waals surface area (Å²) < 4.78 is 13.7. The fourth-order valence-electron chi connectivity index (χ4n) is 2.07. The van der Waals surface area contributed by atoms with E-state index in [1.54, 1.807) is 0 Å². The normalized spacial score (nSPS) is 10.3. The standard InChI is InChI=1S/C16H15FN2O3/c1-10-5-3-4-6-12(10)9-18-16(20)13-7-14(17)11(2)15(8-13)19(21)22/h3-8H,9H2,1-2H3,(H,18,20). The number of nitro groups is 1. The molecule has 0 aliphatic rings. The van der Waals surface area contributed by atoms with Crippen molar-refractivity contribution >= 4 is 11.6 Å². The summed E-state index contributed by atoms with van der Waals surface area (Å²) in [6.07, 6.45) is 0. The van der Waals surface area contributed by atoms with Crippen LogP contribution in [0.1, 0.15) is 27.0 Å². The summed E-state index contributed by atoms with van der Waals surface area (Å²) in [6.45, 7) is 3.50. The topological polar surface area (TPSA) is 72.2 Å². The van der Waals surface area contributed by atoms with Gasteiger partial charge in [0.05, 0.1) is 10.5 Å². The van der Waals surface area contributed by atoms with Crippen molar-refractivity contribution in [1.29, 1.82) is 0 Å². The molecule has 0 aromatic heterocycles. The molecule has 0 atom stereocenters. The summed E-state index contributed by atoms with van der Waals surface area (Å²) >= 11 is 0. The van der Waals surface area contributed by atoms with Crippen molar-refractivity contribution in [2.24, 2.45) is 0 Å². The van der Waals surface area contributed by atoms with Gasteiger partial charge in [0.1, 0.15) is 5.82 Å². The predicted molar refractivity (Wildman–Crippen MR) is 80.1 cm³/mol. The van der Waals surface area contributed by atoms with Gasteiger partial charge < -0.3 is 5.32 Å². The van der Waals surface area contributed by atoms with Gasteiger partial charge in [-0.2, -0.15) is 0 Å². The van der Waals surface area contributed by atoms with E-state index in [-0.39, 0.29) is 17.7 Å². The zero-order chi connectivity index (χ0) is 16.3. The van der Waals surface area contributed by atoms with Crippen molar-refractivity contribution in [3.8, 4) is 0 Å². The number of carbonyl (C=O) groups is 1. The number of hydrogen-bond donors (Lipinski definition) is 1. The van der Waals surface area contributed by atoms with Gasteiger partial charge in [-0.1, -0.05) is 24.3 Å². The average Bonchev–Trinajstić information content (AvgIpc) is 2.48. The maximum absolute atomic E-state index is 13.7. The van der Waals surface area contributed by atoms with Gasteiger partial charge in [-0.3, -0.25) is 14.9 Å². The van der Waals surface area contributed by atoms with E-state index in [1.807, 2.05) is 31.2 Å². The van der Waals surface area contributed by atoms with Crippen LogP contribution in [0.3, 0.4) is 0 Å². The summed E-state index contributed by atoms with van der Waals surface area (Å²) in [5.74, 6) is -1.32. The number of aryl methyl sites for hydroxylation is 1. The fraction of sp³-hybridized carbons (Fsp3) is 0.188. The molecule has 0 spiro atoms. The fourth-order valence-corrected chi connectivity index (χ4v) is 2.07. The molecule has 0 unspecified atom stereocenters. The van der Waals surface area contributed by atoms with Crippen LogP contribution < -0.4 is 5.32 Å². The first kappa shape index (κ1) is 15.6. The smallest absolute Gasteiger partial charge is 0.276 e. The van der Waals surface area contributed by atoms with Crippen molar-refractivity contribution in [1.82, 2.24) is 5.32 Å². The van der Waals surface area contributed by atoms with E-state index < -0.39 is 22.3 Å². The van der Waals surface area contributed by atoms with Gasteiger partial charge in [0.2, 0.25) is 0 Å². The van der Waals surface area contributed by atoms with Crippen LogP contribution in [0.5, 0.6) is 0 Å². The molecule has 0 aliphatic heterocycles. The monoisotopic (exact) mass is 302 g/mol. The summed E-state index contributed by atoms with van der Waals surface area (Å²) in [6, 6.07) is 9.62. The highest BCUT2D eigenvalue weighted by molar-refractivity contribution is 5.95. The minimum absolute atomic E-state index is 0.0663. The number of nitrogens with one attached hydrogen (secondary N) is 1. The van der Waals surface area contributed by atoms with E-state index in [2.05, 4.69) is 5.32 Å². The molecule has 0 saturated carbocycles. The highest BCUT2D eigenvalue weighted by Gasteiger charge is 2.19. The van der Waals surface area contributed by atoms with Gasteiger partial charge >= 0.3 is 0 Å². The summed E-state index contributed by atoms with van der Waals surface area (Å²) in [4.78, 5) is 22.2. The summed E-state index contributed by atoms with van der Waals surface area (Å²) in [5, 5.41) is 13.5. The first-order valence-corrected chi connectivity index (χ1v) is 6.67. The van der Waals surface area contributed by atoms with Crippen molar-refractivity contribution in [2.75, 3.05) is 0 Å². The second-order valence-electron chi connectivity index (χ2n) is 4.97. The largest absolute Gasteiger partial charge is 0.348 e. The first-order chi connectivity index (χ1) is 10.4. The maximum Gasteiger partial charge on any atom is 0.276 e. The highest BCUT2D eigenvalue weighted by Crippen LogP contribution is 2.22. The van der Waals surface area contributed by atoms with Gasteiger partial charge in [-0.05, 0) is 31.0 Å². The molecule has 0 saturated heterocycles. The quantitative estimate of drug-likeness (QED) is 0.696. The lowest BCUT2D eigenvalue weighted by Gasteiger charge is -2.09. The summed E-state index contributed by atoms with van der Waals surface area (Å²) in [7, 11) is 0. The first-order valence-electron chi connectivity index (χ1n) is 6.67. The molecule has 1 amide bonds. The Bertz CT molecular complexity index is 744. The van der Waals surface area contributed by atoms with E-state index in [9.17, 15) is 19.3 Å². The van der Waals surface area contributed by atoms with Gasteiger partial charge in [0, 0.05) is 18.2 Å². The van der Waals surface area contributed by atoms with Crippen LogP contribution in [-0.4, -0.2) is 10.8 Å². The minimum Gasteiger partial charge on any atom is -0.348 e. The van der Waals surface area contributed by atoms with E-state index in [1.165, 1.54) is 6.92 Å².